The van der Waals surface area contributed by atoms with Crippen LogP contribution in [0, 0.1) is 0 Å². The summed E-state index contributed by atoms with van der Waals surface area (Å²) in [7, 11) is 0. The van der Waals surface area contributed by atoms with Gasteiger partial charge in [0.15, 0.2) is 11.7 Å². The zero-order valence-electron chi connectivity index (χ0n) is 15.8. The second-order valence-electron chi connectivity index (χ2n) is 7.07. The van der Waals surface area contributed by atoms with E-state index < -0.39 is 24.2 Å². The van der Waals surface area contributed by atoms with Crippen molar-refractivity contribution in [2.24, 2.45) is 0 Å². The number of carbonyl (C=O) groups excluding carboxylic acids is 1. The number of hydrogen-bond acceptors (Lipinski definition) is 4. The number of fused-ring (bicyclic) bond motifs is 1. The molecule has 4 rings (SSSR count). The summed E-state index contributed by atoms with van der Waals surface area (Å²) < 4.78 is 42.5. The minimum Gasteiger partial charge on any atom is -0.362 e. The molecule has 0 radical (unpaired) electrons. The molecule has 3 atom stereocenters. The number of nitrogens with zero attached hydrogens (tertiary/aromatic N) is 2. The lowest BCUT2D eigenvalue weighted by molar-refractivity contribution is -0.173. The number of nitrogens with one attached hydrogen (secondary N) is 2. The lowest BCUT2D eigenvalue weighted by Crippen LogP contribution is -2.35. The first-order valence-electron chi connectivity index (χ1n) is 9.26. The Morgan fingerprint density at radius 3 is 2.67 bits per heavy atom. The lowest BCUT2D eigenvalue weighted by atomic mass is 10.0. The van der Waals surface area contributed by atoms with Crippen molar-refractivity contribution in [3.8, 4) is 0 Å². The van der Waals surface area contributed by atoms with Crippen LogP contribution in [0.4, 0.5) is 19.0 Å². The van der Waals surface area contributed by atoms with Gasteiger partial charge in [0.1, 0.15) is 5.82 Å². The van der Waals surface area contributed by atoms with Crippen molar-refractivity contribution in [1.29, 1.82) is 0 Å². The number of hydrogen-bond donors (Lipinski definition) is 2. The number of alkyl halides is 3. The fourth-order valence-corrected chi connectivity index (χ4v) is 4.85. The van der Waals surface area contributed by atoms with Crippen molar-refractivity contribution in [2.45, 2.75) is 37.6 Å². The lowest BCUT2D eigenvalue weighted by Gasteiger charge is -2.33. The molecule has 0 saturated heterocycles. The van der Waals surface area contributed by atoms with Crippen molar-refractivity contribution in [2.75, 3.05) is 5.32 Å². The molecule has 30 heavy (non-hydrogen) atoms. The van der Waals surface area contributed by atoms with Gasteiger partial charge in [-0.3, -0.25) is 4.79 Å². The van der Waals surface area contributed by atoms with E-state index in [4.69, 9.17) is 0 Å². The van der Waals surface area contributed by atoms with E-state index >= 15 is 0 Å². The topological polar surface area (TPSA) is 59.0 Å². The Bertz CT molecular complexity index is 1040. The van der Waals surface area contributed by atoms with Crippen molar-refractivity contribution in [3.05, 3.63) is 68.5 Å². The largest absolute Gasteiger partial charge is 0.410 e. The highest BCUT2D eigenvalue weighted by molar-refractivity contribution is 9.10. The van der Waals surface area contributed by atoms with E-state index in [-0.39, 0.29) is 28.4 Å². The third-order valence-electron chi connectivity index (χ3n) is 5.04. The summed E-state index contributed by atoms with van der Waals surface area (Å²) in [6.45, 7) is 1.81. The van der Waals surface area contributed by atoms with Gasteiger partial charge in [0.2, 0.25) is 0 Å². The number of halogens is 4. The number of thiophene rings is 1. The Morgan fingerprint density at radius 2 is 2.03 bits per heavy atom. The maximum absolute atomic E-state index is 13.8. The van der Waals surface area contributed by atoms with Crippen molar-refractivity contribution >= 4 is 39.0 Å². The van der Waals surface area contributed by atoms with Gasteiger partial charge in [-0.05, 0) is 39.9 Å². The molecule has 1 amide bonds. The average Bonchev–Trinajstić information content (AvgIpc) is 3.36. The zero-order chi connectivity index (χ0) is 21.5. The molecular weight excluding hydrogens is 481 g/mol. The van der Waals surface area contributed by atoms with E-state index in [9.17, 15) is 18.0 Å². The number of amides is 1. The van der Waals surface area contributed by atoms with Crippen LogP contribution in [-0.4, -0.2) is 21.9 Å². The van der Waals surface area contributed by atoms with Gasteiger partial charge in [0.05, 0.1) is 16.6 Å². The molecule has 3 heterocycles. The first-order chi connectivity index (χ1) is 14.3. The van der Waals surface area contributed by atoms with Crippen LogP contribution in [0.15, 0.2) is 52.3 Å². The molecule has 10 heteroatoms. The zero-order valence-corrected chi connectivity index (χ0v) is 18.2. The molecule has 0 spiro atoms. The van der Waals surface area contributed by atoms with Crippen LogP contribution in [0.25, 0.3) is 0 Å². The fraction of sp³-hybridized carbons (Fsp3) is 0.300. The molecule has 1 aliphatic rings. The highest BCUT2D eigenvalue weighted by Gasteiger charge is 2.48. The van der Waals surface area contributed by atoms with Crippen molar-refractivity contribution in [3.63, 3.8) is 0 Å². The molecule has 2 aromatic heterocycles. The second kappa shape index (κ2) is 8.07. The van der Waals surface area contributed by atoms with E-state index in [1.54, 1.807) is 19.1 Å². The van der Waals surface area contributed by atoms with Gasteiger partial charge < -0.3 is 10.6 Å². The van der Waals surface area contributed by atoms with E-state index in [2.05, 4.69) is 31.7 Å². The predicted octanol–water partition coefficient (Wildman–Crippen LogP) is 5.86. The molecule has 1 aromatic carbocycles. The van der Waals surface area contributed by atoms with E-state index in [0.29, 0.717) is 0 Å². The van der Waals surface area contributed by atoms with Gasteiger partial charge in [-0.25, -0.2) is 4.68 Å². The third-order valence-corrected chi connectivity index (χ3v) is 6.78. The van der Waals surface area contributed by atoms with Crippen LogP contribution in [0.2, 0.25) is 0 Å². The van der Waals surface area contributed by atoms with Gasteiger partial charge in [-0.15, -0.1) is 11.3 Å². The number of anilines is 1. The van der Waals surface area contributed by atoms with Crippen LogP contribution in [0.3, 0.4) is 0 Å². The van der Waals surface area contributed by atoms with Gasteiger partial charge in [0.25, 0.3) is 5.91 Å². The van der Waals surface area contributed by atoms with Crippen LogP contribution < -0.4 is 10.6 Å². The summed E-state index contributed by atoms with van der Waals surface area (Å²) >= 11 is 4.69. The Hall–Kier alpha value is -2.33. The highest BCUT2D eigenvalue weighted by atomic mass is 79.9. The normalized spacial score (nSPS) is 19.6. The van der Waals surface area contributed by atoms with Crippen LogP contribution in [0.1, 0.15) is 52.4 Å². The molecule has 0 fully saturated rings. The predicted molar refractivity (Wildman–Crippen MR) is 113 cm³/mol. The van der Waals surface area contributed by atoms with Gasteiger partial charge in [0, 0.05) is 11.3 Å². The molecular formula is C20H18BrF3N4OS. The molecule has 0 bridgehead atoms. The molecule has 2 N–H and O–H groups in total. The minimum atomic E-state index is -4.50. The Balaban J connectivity index is 1.65. The van der Waals surface area contributed by atoms with Crippen molar-refractivity contribution in [1.82, 2.24) is 15.1 Å². The number of rotatable bonds is 4. The first kappa shape index (κ1) is 20.9. The maximum atomic E-state index is 13.8. The average molecular weight is 499 g/mol. The Morgan fingerprint density at radius 1 is 1.30 bits per heavy atom. The molecule has 0 saturated carbocycles. The quantitative estimate of drug-likeness (QED) is 0.473. The van der Waals surface area contributed by atoms with Gasteiger partial charge >= 0.3 is 6.18 Å². The maximum Gasteiger partial charge on any atom is 0.410 e. The Kier molecular flexibility index (Phi) is 5.63. The summed E-state index contributed by atoms with van der Waals surface area (Å²) in [5.41, 5.74) is 0.802. The van der Waals surface area contributed by atoms with E-state index in [1.165, 1.54) is 11.3 Å². The first-order valence-corrected chi connectivity index (χ1v) is 10.9. The molecule has 158 valence electrons. The summed E-state index contributed by atoms with van der Waals surface area (Å²) in [4.78, 5) is 13.6. The molecule has 0 unspecified atom stereocenters. The number of carbonyl (C=O) groups is 1. The SMILES string of the molecule is C[C@H](NC(=O)c1nn2c(c1Br)N[C@H](c1cccs1)C[C@@H]2C(F)(F)F)c1ccccc1. The van der Waals surface area contributed by atoms with E-state index in [0.717, 1.165) is 15.1 Å². The fourth-order valence-electron chi connectivity index (χ4n) is 3.50. The number of aromatic nitrogens is 2. The molecule has 5 nitrogen and oxygen atoms in total. The van der Waals surface area contributed by atoms with Crippen molar-refractivity contribution < 1.29 is 18.0 Å². The van der Waals surface area contributed by atoms with Gasteiger partial charge in [-0.2, -0.15) is 18.3 Å². The molecule has 0 aliphatic carbocycles. The van der Waals surface area contributed by atoms with Crippen LogP contribution >= 0.6 is 27.3 Å². The monoisotopic (exact) mass is 498 g/mol. The second-order valence-corrected chi connectivity index (χ2v) is 8.84. The summed E-state index contributed by atoms with van der Waals surface area (Å²) in [6.07, 6.45) is -4.70. The molecule has 3 aromatic rings. The minimum absolute atomic E-state index is 0.0821. The number of benzene rings is 1. The van der Waals surface area contributed by atoms with E-state index in [1.807, 2.05) is 35.7 Å². The molecule has 1 aliphatic heterocycles. The van der Waals surface area contributed by atoms with Gasteiger partial charge in [-0.1, -0.05) is 36.4 Å². The summed E-state index contributed by atoms with van der Waals surface area (Å²) in [5.74, 6) is -0.394. The standard InChI is InChI=1S/C20H18BrF3N4OS/c1-11(12-6-3-2-4-7-12)25-19(29)17-16(21)18-26-13(14-8-5-9-30-14)10-15(20(22,23)24)28(18)27-17/h2-9,11,13,15,26H,10H2,1H3,(H,25,29)/t11-,13-,15+/m0/s1. The Labute approximate surface area is 183 Å². The van der Waals surface area contributed by atoms with Crippen LogP contribution in [-0.2, 0) is 0 Å². The highest BCUT2D eigenvalue weighted by Crippen LogP contribution is 2.46. The summed E-state index contributed by atoms with van der Waals surface area (Å²) in [5, 5.41) is 11.8. The smallest absolute Gasteiger partial charge is 0.362 e. The third kappa shape index (κ3) is 3.98. The van der Waals surface area contributed by atoms with Crippen LogP contribution in [0.5, 0.6) is 0 Å². The summed E-state index contributed by atoms with van der Waals surface area (Å²) in [6, 6.07) is 10.2.